The number of carbonyl (C=O) groups is 1. The minimum atomic E-state index is -0.578. The highest BCUT2D eigenvalue weighted by atomic mass is 35.5. The summed E-state index contributed by atoms with van der Waals surface area (Å²) >= 11 is 0. The Morgan fingerprint density at radius 3 is 2.81 bits per heavy atom. The van der Waals surface area contributed by atoms with E-state index < -0.39 is 16.3 Å². The number of aromatic nitrogens is 2. The van der Waals surface area contributed by atoms with Gasteiger partial charge in [0.15, 0.2) is 5.69 Å². The molecule has 2 heterocycles. The Hall–Kier alpha value is -2.78. The molecule has 1 atom stereocenters. The highest BCUT2D eigenvalue weighted by Gasteiger charge is 2.23. The van der Waals surface area contributed by atoms with Gasteiger partial charge in [-0.3, -0.25) is 19.7 Å². The highest BCUT2D eigenvalue weighted by Crippen LogP contribution is 2.22. The fraction of sp³-hybridized carbons (Fsp3) is 0.312. The summed E-state index contributed by atoms with van der Waals surface area (Å²) in [7, 11) is 0. The number of benzene rings is 1. The lowest BCUT2D eigenvalue weighted by molar-refractivity contribution is -0.384. The predicted molar refractivity (Wildman–Crippen MR) is 97.2 cm³/mol. The van der Waals surface area contributed by atoms with Crippen molar-refractivity contribution in [1.82, 2.24) is 20.4 Å². The molecule has 0 spiro atoms. The van der Waals surface area contributed by atoms with Crippen molar-refractivity contribution in [2.45, 2.75) is 19.4 Å². The van der Waals surface area contributed by atoms with Gasteiger partial charge in [-0.2, -0.15) is 5.10 Å². The summed E-state index contributed by atoms with van der Waals surface area (Å²) in [5.41, 5.74) is -0.362. The number of nitro groups is 1. The van der Waals surface area contributed by atoms with Gasteiger partial charge < -0.3 is 10.6 Å². The van der Waals surface area contributed by atoms with E-state index in [1.54, 1.807) is 19.1 Å². The van der Waals surface area contributed by atoms with Gasteiger partial charge in [-0.25, -0.2) is 4.68 Å². The molecule has 26 heavy (non-hydrogen) atoms. The molecule has 3 rings (SSSR count). The zero-order chi connectivity index (χ0) is 18.0. The van der Waals surface area contributed by atoms with Crippen LogP contribution in [0.2, 0.25) is 0 Å². The molecule has 1 aliphatic rings. The molecular weight excluding hydrogens is 362 g/mol. The van der Waals surface area contributed by atoms with Crippen LogP contribution >= 0.6 is 12.4 Å². The van der Waals surface area contributed by atoms with Crippen LogP contribution in [0.25, 0.3) is 5.69 Å². The standard InChI is InChI=1S/C16H17N5O4.ClH/c1-10-8-14(22)15(16(23)18-11-6-7-17-9-11)19-20(10)12-4-2-3-5-13(12)21(24)25;/h2-5,8,11,17H,6-7,9H2,1H3,(H,18,23);1H. The first kappa shape index (κ1) is 19.5. The zero-order valence-electron chi connectivity index (χ0n) is 14.0. The van der Waals surface area contributed by atoms with Crippen LogP contribution in [0.4, 0.5) is 5.69 Å². The van der Waals surface area contributed by atoms with Gasteiger partial charge in [-0.1, -0.05) is 12.1 Å². The average Bonchev–Trinajstić information content (AvgIpc) is 3.07. The number of nitrogens with one attached hydrogen (secondary N) is 2. The second-order valence-electron chi connectivity index (χ2n) is 5.82. The molecule has 138 valence electrons. The Morgan fingerprint density at radius 2 is 2.15 bits per heavy atom. The number of carbonyl (C=O) groups excluding carboxylic acids is 1. The molecule has 1 aromatic carbocycles. The van der Waals surface area contributed by atoms with E-state index in [2.05, 4.69) is 15.7 Å². The minimum absolute atomic E-state index is 0. The minimum Gasteiger partial charge on any atom is -0.346 e. The molecule has 1 aromatic heterocycles. The summed E-state index contributed by atoms with van der Waals surface area (Å²) in [5.74, 6) is -0.578. The van der Waals surface area contributed by atoms with Gasteiger partial charge in [0.05, 0.1) is 4.92 Å². The molecule has 9 nitrogen and oxygen atoms in total. The van der Waals surface area contributed by atoms with Gasteiger partial charge in [-0.05, 0) is 26.0 Å². The van der Waals surface area contributed by atoms with E-state index in [4.69, 9.17) is 0 Å². The first-order valence-electron chi connectivity index (χ1n) is 7.83. The number of amides is 1. The largest absolute Gasteiger partial charge is 0.346 e. The molecule has 0 bridgehead atoms. The number of halogens is 1. The molecule has 0 aliphatic carbocycles. The molecule has 1 unspecified atom stereocenters. The lowest BCUT2D eigenvalue weighted by atomic mass is 10.2. The van der Waals surface area contributed by atoms with E-state index >= 15 is 0 Å². The number of aryl methyl sites for hydroxylation is 1. The van der Waals surface area contributed by atoms with Crippen molar-refractivity contribution in [1.29, 1.82) is 0 Å². The van der Waals surface area contributed by atoms with Crippen molar-refractivity contribution in [2.24, 2.45) is 0 Å². The Balaban J connectivity index is 0.00000243. The van der Waals surface area contributed by atoms with Crippen molar-refractivity contribution in [2.75, 3.05) is 13.1 Å². The SMILES string of the molecule is Cc1cc(=O)c(C(=O)NC2CCNC2)nn1-c1ccccc1[N+](=O)[O-].Cl. The van der Waals surface area contributed by atoms with E-state index in [0.29, 0.717) is 12.2 Å². The number of hydrogen-bond donors (Lipinski definition) is 2. The summed E-state index contributed by atoms with van der Waals surface area (Å²) < 4.78 is 1.25. The monoisotopic (exact) mass is 379 g/mol. The van der Waals surface area contributed by atoms with Crippen molar-refractivity contribution in [3.8, 4) is 5.69 Å². The molecular formula is C16H18ClN5O4. The van der Waals surface area contributed by atoms with Gasteiger partial charge in [0, 0.05) is 30.4 Å². The van der Waals surface area contributed by atoms with Crippen LogP contribution in [-0.4, -0.2) is 39.7 Å². The Morgan fingerprint density at radius 1 is 1.42 bits per heavy atom. The summed E-state index contributed by atoms with van der Waals surface area (Å²) in [5, 5.41) is 21.2. The van der Waals surface area contributed by atoms with Crippen molar-refractivity contribution >= 4 is 24.0 Å². The molecule has 2 aromatic rings. The van der Waals surface area contributed by atoms with E-state index in [-0.39, 0.29) is 35.5 Å². The van der Waals surface area contributed by atoms with Crippen LogP contribution in [0.3, 0.4) is 0 Å². The molecule has 10 heteroatoms. The quantitative estimate of drug-likeness (QED) is 0.603. The third kappa shape index (κ3) is 3.89. The molecule has 2 N–H and O–H groups in total. The Labute approximate surface area is 155 Å². The van der Waals surface area contributed by atoms with Crippen LogP contribution in [-0.2, 0) is 0 Å². The fourth-order valence-electron chi connectivity index (χ4n) is 2.78. The predicted octanol–water partition coefficient (Wildman–Crippen LogP) is 0.963. The average molecular weight is 380 g/mol. The van der Waals surface area contributed by atoms with E-state index in [0.717, 1.165) is 13.0 Å². The van der Waals surface area contributed by atoms with E-state index in [1.807, 2.05) is 0 Å². The molecule has 1 fully saturated rings. The molecule has 0 saturated carbocycles. The topological polar surface area (TPSA) is 119 Å². The number of rotatable bonds is 4. The smallest absolute Gasteiger partial charge is 0.294 e. The number of para-hydroxylation sites is 2. The molecule has 1 amide bonds. The number of hydrogen-bond acceptors (Lipinski definition) is 6. The van der Waals surface area contributed by atoms with Crippen molar-refractivity contribution < 1.29 is 9.72 Å². The van der Waals surface area contributed by atoms with Gasteiger partial charge in [-0.15, -0.1) is 12.4 Å². The molecule has 1 saturated heterocycles. The zero-order valence-corrected chi connectivity index (χ0v) is 14.8. The van der Waals surface area contributed by atoms with Crippen LogP contribution in [0.1, 0.15) is 22.6 Å². The second-order valence-corrected chi connectivity index (χ2v) is 5.82. The maximum atomic E-state index is 12.4. The van der Waals surface area contributed by atoms with Gasteiger partial charge in [0.2, 0.25) is 5.43 Å². The third-order valence-electron chi connectivity index (χ3n) is 4.02. The van der Waals surface area contributed by atoms with Crippen LogP contribution in [0, 0.1) is 17.0 Å². The second kappa shape index (κ2) is 8.07. The summed E-state index contributed by atoms with van der Waals surface area (Å²) in [6, 6.07) is 7.23. The normalized spacial score (nSPS) is 16.0. The van der Waals surface area contributed by atoms with Gasteiger partial charge in [0.1, 0.15) is 5.69 Å². The summed E-state index contributed by atoms with van der Waals surface area (Å²) in [6.07, 6.45) is 0.774. The van der Waals surface area contributed by atoms with Crippen LogP contribution < -0.4 is 16.1 Å². The van der Waals surface area contributed by atoms with E-state index in [1.165, 1.54) is 22.9 Å². The number of nitro benzene ring substituents is 1. The van der Waals surface area contributed by atoms with Crippen LogP contribution in [0.5, 0.6) is 0 Å². The molecule has 1 aliphatic heterocycles. The van der Waals surface area contributed by atoms with Crippen molar-refractivity contribution in [3.05, 3.63) is 62.1 Å². The Kier molecular flexibility index (Phi) is 6.06. The molecule has 0 radical (unpaired) electrons. The van der Waals surface area contributed by atoms with Gasteiger partial charge in [0.25, 0.3) is 11.6 Å². The maximum absolute atomic E-state index is 12.4. The highest BCUT2D eigenvalue weighted by molar-refractivity contribution is 5.92. The summed E-state index contributed by atoms with van der Waals surface area (Å²) in [6.45, 7) is 3.04. The van der Waals surface area contributed by atoms with Gasteiger partial charge >= 0.3 is 0 Å². The maximum Gasteiger partial charge on any atom is 0.294 e. The number of nitrogens with zero attached hydrogens (tertiary/aromatic N) is 3. The van der Waals surface area contributed by atoms with Crippen LogP contribution in [0.15, 0.2) is 35.1 Å². The Bertz CT molecular complexity index is 892. The first-order chi connectivity index (χ1) is 12.0. The first-order valence-corrected chi connectivity index (χ1v) is 7.83. The lowest BCUT2D eigenvalue weighted by Crippen LogP contribution is -2.39. The van der Waals surface area contributed by atoms with E-state index in [9.17, 15) is 19.7 Å². The van der Waals surface area contributed by atoms with Crippen molar-refractivity contribution in [3.63, 3.8) is 0 Å². The summed E-state index contributed by atoms with van der Waals surface area (Å²) in [4.78, 5) is 35.3. The lowest BCUT2D eigenvalue weighted by Gasteiger charge is -2.13. The fourth-order valence-corrected chi connectivity index (χ4v) is 2.78. The third-order valence-corrected chi connectivity index (χ3v) is 4.02.